The molecule has 8 heteroatoms. The lowest BCUT2D eigenvalue weighted by molar-refractivity contribution is 0.217. The van der Waals surface area contributed by atoms with Crippen molar-refractivity contribution < 1.29 is 23.1 Å². The first-order valence-electron chi connectivity index (χ1n) is 11.2. The lowest BCUT2D eigenvalue weighted by atomic mass is 9.91. The van der Waals surface area contributed by atoms with Crippen LogP contribution in [0.4, 0.5) is 0 Å². The lowest BCUT2D eigenvalue weighted by Crippen LogP contribution is -2.41. The predicted molar refractivity (Wildman–Crippen MR) is 125 cm³/mol. The first-order chi connectivity index (χ1) is 14.9. The van der Waals surface area contributed by atoms with Gasteiger partial charge in [-0.15, -0.1) is 0 Å². The number of aliphatic imine (C=N–C) groups is 2. The van der Waals surface area contributed by atoms with E-state index in [2.05, 4.69) is 13.8 Å². The maximum absolute atomic E-state index is 13.5. The fourth-order valence-corrected chi connectivity index (χ4v) is 5.60. The van der Waals surface area contributed by atoms with Crippen LogP contribution in [0.1, 0.15) is 53.0 Å². The lowest BCUT2D eigenvalue weighted by Gasteiger charge is -2.33. The molecule has 1 aromatic rings. The van der Waals surface area contributed by atoms with Crippen LogP contribution in [0, 0.1) is 5.92 Å². The Hall–Kier alpha value is -1.69. The standard InChI is InChI=1S/C23H37N2O5P/c1-7-27-22-20(17(5)6)24-23(28-8-2)21(25-22)19(18-14-12-11-13-15-18)16-31(26,29-9-3)30-10-4/h11-15,17,19-21H,7-10,16H2,1-6H3/t19-,20-,21+/m0/s1. The van der Waals surface area contributed by atoms with Crippen molar-refractivity contribution in [3.8, 4) is 0 Å². The fourth-order valence-electron chi connectivity index (χ4n) is 3.64. The van der Waals surface area contributed by atoms with Crippen LogP contribution in [0.3, 0.4) is 0 Å². The summed E-state index contributed by atoms with van der Waals surface area (Å²) in [6.45, 7) is 13.2. The molecule has 31 heavy (non-hydrogen) atoms. The second-order valence-electron chi connectivity index (χ2n) is 7.58. The maximum atomic E-state index is 13.5. The van der Waals surface area contributed by atoms with Crippen molar-refractivity contribution in [2.24, 2.45) is 15.9 Å². The van der Waals surface area contributed by atoms with E-state index in [1.807, 2.05) is 58.0 Å². The third-order valence-corrected chi connectivity index (χ3v) is 7.08. The number of rotatable bonds is 11. The molecule has 174 valence electrons. The molecule has 0 N–H and O–H groups in total. The average molecular weight is 453 g/mol. The van der Waals surface area contributed by atoms with Gasteiger partial charge in [-0.25, -0.2) is 9.98 Å². The SMILES string of the molecule is CCOC1=N[C@H]([C@@H](CP(=O)(OCC)OCC)c2ccccc2)C(OCC)=N[C@H]1C(C)C. The van der Waals surface area contributed by atoms with E-state index in [0.717, 1.165) is 5.56 Å². The quantitative estimate of drug-likeness (QED) is 0.425. The summed E-state index contributed by atoms with van der Waals surface area (Å²) in [6, 6.07) is 9.18. The third kappa shape index (κ3) is 6.90. The smallest absolute Gasteiger partial charge is 0.331 e. The molecule has 0 spiro atoms. The Labute approximate surface area is 186 Å². The van der Waals surface area contributed by atoms with Crippen molar-refractivity contribution in [1.29, 1.82) is 0 Å². The molecule has 0 saturated carbocycles. The highest BCUT2D eigenvalue weighted by Gasteiger charge is 2.41. The van der Waals surface area contributed by atoms with E-state index in [1.165, 1.54) is 0 Å². The van der Waals surface area contributed by atoms with Gasteiger partial charge in [-0.2, -0.15) is 0 Å². The molecule has 3 atom stereocenters. The molecule has 0 radical (unpaired) electrons. The zero-order valence-electron chi connectivity index (χ0n) is 19.6. The zero-order valence-corrected chi connectivity index (χ0v) is 20.5. The van der Waals surface area contributed by atoms with E-state index in [9.17, 15) is 4.57 Å². The summed E-state index contributed by atoms with van der Waals surface area (Å²) >= 11 is 0. The molecule has 0 unspecified atom stereocenters. The van der Waals surface area contributed by atoms with Crippen molar-refractivity contribution in [1.82, 2.24) is 0 Å². The van der Waals surface area contributed by atoms with Gasteiger partial charge < -0.3 is 18.5 Å². The number of hydrogen-bond donors (Lipinski definition) is 0. The van der Waals surface area contributed by atoms with Gasteiger partial charge in [-0.1, -0.05) is 44.2 Å². The summed E-state index contributed by atoms with van der Waals surface area (Å²) in [7, 11) is -3.34. The van der Waals surface area contributed by atoms with E-state index >= 15 is 0 Å². The molecule has 0 amide bonds. The van der Waals surface area contributed by atoms with Crippen molar-refractivity contribution in [3.05, 3.63) is 35.9 Å². The summed E-state index contributed by atoms with van der Waals surface area (Å²) in [5, 5.41) is 0. The largest absolute Gasteiger partial charge is 0.480 e. The van der Waals surface area contributed by atoms with Crippen LogP contribution >= 0.6 is 7.60 Å². The van der Waals surface area contributed by atoms with Gasteiger partial charge in [0.25, 0.3) is 0 Å². The van der Waals surface area contributed by atoms with Crippen molar-refractivity contribution in [2.75, 3.05) is 32.6 Å². The molecular formula is C23H37N2O5P. The molecular weight excluding hydrogens is 415 g/mol. The maximum Gasteiger partial charge on any atom is 0.331 e. The summed E-state index contributed by atoms with van der Waals surface area (Å²) in [6.07, 6.45) is 0.171. The number of hydrogen-bond acceptors (Lipinski definition) is 7. The van der Waals surface area contributed by atoms with Crippen LogP contribution in [0.25, 0.3) is 0 Å². The van der Waals surface area contributed by atoms with Gasteiger partial charge in [-0.05, 0) is 39.2 Å². The minimum Gasteiger partial charge on any atom is -0.480 e. The molecule has 1 aromatic carbocycles. The Morgan fingerprint density at radius 1 is 0.839 bits per heavy atom. The van der Waals surface area contributed by atoms with E-state index in [4.69, 9.17) is 28.5 Å². The van der Waals surface area contributed by atoms with E-state index in [0.29, 0.717) is 38.2 Å². The number of benzene rings is 1. The van der Waals surface area contributed by atoms with Crippen LogP contribution in [-0.2, 0) is 23.1 Å². The summed E-state index contributed by atoms with van der Waals surface area (Å²) < 4.78 is 36.5. The molecule has 0 bridgehead atoms. The highest BCUT2D eigenvalue weighted by atomic mass is 31.2. The van der Waals surface area contributed by atoms with Crippen LogP contribution in [0.2, 0.25) is 0 Å². The topological polar surface area (TPSA) is 78.7 Å². The van der Waals surface area contributed by atoms with Gasteiger partial charge in [0, 0.05) is 5.92 Å². The molecule has 1 heterocycles. The molecule has 7 nitrogen and oxygen atoms in total. The Kier molecular flexibility index (Phi) is 10.2. The van der Waals surface area contributed by atoms with Gasteiger partial charge >= 0.3 is 7.60 Å². The van der Waals surface area contributed by atoms with Gasteiger partial charge in [0.15, 0.2) is 0 Å². The van der Waals surface area contributed by atoms with Crippen molar-refractivity contribution in [2.45, 2.75) is 59.5 Å². The second-order valence-corrected chi connectivity index (χ2v) is 9.68. The van der Waals surface area contributed by atoms with E-state index < -0.39 is 13.6 Å². The Bertz CT molecular complexity index is 771. The van der Waals surface area contributed by atoms with Gasteiger partial charge in [0.05, 0.1) is 32.6 Å². The van der Waals surface area contributed by atoms with Crippen molar-refractivity contribution >= 4 is 19.4 Å². The van der Waals surface area contributed by atoms with E-state index in [-0.39, 0.29) is 24.0 Å². The molecule has 0 saturated heterocycles. The first-order valence-corrected chi connectivity index (χ1v) is 13.0. The Morgan fingerprint density at radius 3 is 1.84 bits per heavy atom. The monoisotopic (exact) mass is 452 g/mol. The summed E-state index contributed by atoms with van der Waals surface area (Å²) in [5.74, 6) is 1.03. The third-order valence-electron chi connectivity index (χ3n) is 4.94. The Balaban J connectivity index is 2.55. The van der Waals surface area contributed by atoms with Gasteiger partial charge in [0.1, 0.15) is 12.1 Å². The summed E-state index contributed by atoms with van der Waals surface area (Å²) in [4.78, 5) is 9.85. The van der Waals surface area contributed by atoms with Crippen molar-refractivity contribution in [3.63, 3.8) is 0 Å². The minimum atomic E-state index is -3.34. The van der Waals surface area contributed by atoms with Crippen LogP contribution in [0.15, 0.2) is 40.3 Å². The highest BCUT2D eigenvalue weighted by molar-refractivity contribution is 7.53. The molecule has 0 fully saturated rings. The molecule has 2 rings (SSSR count). The predicted octanol–water partition coefficient (Wildman–Crippen LogP) is 5.31. The minimum absolute atomic E-state index is 0.171. The number of ether oxygens (including phenoxy) is 2. The highest BCUT2D eigenvalue weighted by Crippen LogP contribution is 2.52. The van der Waals surface area contributed by atoms with Gasteiger partial charge in [-0.3, -0.25) is 4.57 Å². The molecule has 0 aliphatic carbocycles. The second kappa shape index (κ2) is 12.4. The average Bonchev–Trinajstić information content (AvgIpc) is 2.74. The molecule has 0 aromatic heterocycles. The Morgan fingerprint density at radius 2 is 1.35 bits per heavy atom. The first kappa shape index (κ1) is 25.6. The molecule has 1 aliphatic heterocycles. The molecule has 1 aliphatic rings. The fraction of sp³-hybridized carbons (Fsp3) is 0.652. The van der Waals surface area contributed by atoms with E-state index in [1.54, 1.807) is 0 Å². The van der Waals surface area contributed by atoms with Crippen LogP contribution in [-0.4, -0.2) is 56.5 Å². The van der Waals surface area contributed by atoms with Crippen LogP contribution in [0.5, 0.6) is 0 Å². The summed E-state index contributed by atoms with van der Waals surface area (Å²) in [5.41, 5.74) is 0.974. The number of nitrogens with zero attached hydrogens (tertiary/aromatic N) is 2. The normalized spacial score (nSPS) is 20.2. The zero-order chi connectivity index (χ0) is 22.9. The van der Waals surface area contributed by atoms with Crippen LogP contribution < -0.4 is 0 Å². The van der Waals surface area contributed by atoms with Gasteiger partial charge in [0.2, 0.25) is 11.8 Å².